The molecule has 1 aliphatic heterocycles. The number of hydrogen-bond donors (Lipinski definition) is 0. The minimum atomic E-state index is 0.130. The summed E-state index contributed by atoms with van der Waals surface area (Å²) in [5.74, 6) is 0.496. The van der Waals surface area contributed by atoms with E-state index in [4.69, 9.17) is 4.74 Å². The third-order valence-electron chi connectivity index (χ3n) is 3.64. The van der Waals surface area contributed by atoms with E-state index in [1.807, 2.05) is 13.0 Å². The fourth-order valence-corrected chi connectivity index (χ4v) is 2.53. The third-order valence-corrected chi connectivity index (χ3v) is 3.64. The second-order valence-electron chi connectivity index (χ2n) is 5.11. The van der Waals surface area contributed by atoms with E-state index in [-0.39, 0.29) is 11.6 Å². The Labute approximate surface area is 101 Å². The first-order valence-electron chi connectivity index (χ1n) is 6.44. The van der Waals surface area contributed by atoms with Gasteiger partial charge in [0.25, 0.3) is 5.56 Å². The molecule has 0 spiro atoms. The van der Waals surface area contributed by atoms with Crippen LogP contribution in [0.15, 0.2) is 10.9 Å². The maximum absolute atomic E-state index is 12.4. The van der Waals surface area contributed by atoms with E-state index in [0.29, 0.717) is 5.92 Å². The number of aryl methyl sites for hydroxylation is 1. The molecule has 17 heavy (non-hydrogen) atoms. The van der Waals surface area contributed by atoms with E-state index in [2.05, 4.69) is 5.10 Å². The van der Waals surface area contributed by atoms with Gasteiger partial charge in [0.05, 0.1) is 11.7 Å². The quantitative estimate of drug-likeness (QED) is 0.783. The number of ether oxygens (including phenoxy) is 1. The lowest BCUT2D eigenvalue weighted by Crippen LogP contribution is -2.33. The second kappa shape index (κ2) is 4.26. The first kappa shape index (κ1) is 11.0. The van der Waals surface area contributed by atoms with Crippen molar-refractivity contribution in [1.82, 2.24) is 9.78 Å². The first-order valence-corrected chi connectivity index (χ1v) is 6.44. The van der Waals surface area contributed by atoms with Crippen LogP contribution in [0.3, 0.4) is 0 Å². The van der Waals surface area contributed by atoms with Crippen LogP contribution in [0.1, 0.15) is 48.9 Å². The summed E-state index contributed by atoms with van der Waals surface area (Å²) in [6.45, 7) is 3.46. The van der Waals surface area contributed by atoms with Crippen LogP contribution >= 0.6 is 0 Å². The van der Waals surface area contributed by atoms with E-state index >= 15 is 0 Å². The number of hydrogen-bond acceptors (Lipinski definition) is 3. The van der Waals surface area contributed by atoms with Crippen LogP contribution in [0.4, 0.5) is 0 Å². The molecule has 4 nitrogen and oxygen atoms in total. The van der Waals surface area contributed by atoms with Crippen molar-refractivity contribution >= 4 is 0 Å². The summed E-state index contributed by atoms with van der Waals surface area (Å²) in [5.41, 5.74) is 2.06. The molecule has 1 saturated carbocycles. The fourth-order valence-electron chi connectivity index (χ4n) is 2.53. The molecule has 1 aromatic rings. The smallest absolute Gasteiger partial charge is 0.270 e. The average molecular weight is 234 g/mol. The molecule has 3 rings (SSSR count). The van der Waals surface area contributed by atoms with E-state index < -0.39 is 0 Å². The number of rotatable bonds is 2. The van der Waals surface area contributed by atoms with Crippen molar-refractivity contribution in [2.45, 2.75) is 44.6 Å². The molecule has 1 aromatic heterocycles. The number of nitrogens with zero attached hydrogens (tertiary/aromatic N) is 2. The molecule has 0 amide bonds. The molecule has 4 heteroatoms. The van der Waals surface area contributed by atoms with Gasteiger partial charge >= 0.3 is 0 Å². The van der Waals surface area contributed by atoms with Crippen LogP contribution in [0.5, 0.6) is 0 Å². The lowest BCUT2D eigenvalue weighted by molar-refractivity contribution is 0.0645. The van der Waals surface area contributed by atoms with E-state index in [1.165, 1.54) is 0 Å². The van der Waals surface area contributed by atoms with Gasteiger partial charge < -0.3 is 4.74 Å². The molecule has 0 unspecified atom stereocenters. The number of aromatic nitrogens is 2. The Bertz CT molecular complexity index is 471. The molecule has 0 radical (unpaired) electrons. The average Bonchev–Trinajstić information content (AvgIpc) is 3.17. The zero-order valence-electron chi connectivity index (χ0n) is 10.2. The van der Waals surface area contributed by atoms with Gasteiger partial charge in [0.2, 0.25) is 0 Å². The Morgan fingerprint density at radius 2 is 2.00 bits per heavy atom. The van der Waals surface area contributed by atoms with Crippen LogP contribution in [0, 0.1) is 6.92 Å². The Morgan fingerprint density at radius 3 is 2.65 bits per heavy atom. The molecule has 0 bridgehead atoms. The van der Waals surface area contributed by atoms with Gasteiger partial charge in [-0.05, 0) is 44.6 Å². The molecule has 2 fully saturated rings. The van der Waals surface area contributed by atoms with Crippen molar-refractivity contribution in [1.29, 1.82) is 0 Å². The lowest BCUT2D eigenvalue weighted by Gasteiger charge is -2.23. The summed E-state index contributed by atoms with van der Waals surface area (Å²) >= 11 is 0. The summed E-state index contributed by atoms with van der Waals surface area (Å²) in [7, 11) is 0. The fraction of sp³-hybridized carbons (Fsp3) is 0.692. The highest BCUT2D eigenvalue weighted by Gasteiger charge is 2.29. The molecule has 0 aromatic carbocycles. The Balaban J connectivity index is 1.99. The van der Waals surface area contributed by atoms with Crippen molar-refractivity contribution in [2.24, 2.45) is 0 Å². The van der Waals surface area contributed by atoms with Crippen LogP contribution in [0.25, 0.3) is 0 Å². The predicted octanol–water partition coefficient (Wildman–Crippen LogP) is 1.78. The van der Waals surface area contributed by atoms with Gasteiger partial charge in [0.15, 0.2) is 0 Å². The maximum atomic E-state index is 12.4. The summed E-state index contributed by atoms with van der Waals surface area (Å²) in [6.07, 6.45) is 4.12. The monoisotopic (exact) mass is 234 g/mol. The molecular weight excluding hydrogens is 216 g/mol. The molecule has 1 saturated heterocycles. The van der Waals surface area contributed by atoms with E-state index in [0.717, 1.165) is 50.2 Å². The largest absolute Gasteiger partial charge is 0.381 e. The summed E-state index contributed by atoms with van der Waals surface area (Å²) in [6, 6.07) is 2.20. The SMILES string of the molecule is Cc1cc(C2CC2)c(=O)n(C2CCOCC2)n1. The zero-order chi connectivity index (χ0) is 11.8. The molecular formula is C13H18N2O2. The van der Waals surface area contributed by atoms with Gasteiger partial charge in [-0.1, -0.05) is 0 Å². The highest BCUT2D eigenvalue weighted by molar-refractivity contribution is 5.22. The standard InChI is InChI=1S/C13H18N2O2/c1-9-8-12(10-2-3-10)13(16)15(14-9)11-4-6-17-7-5-11/h8,10-11H,2-7H2,1H3. The van der Waals surface area contributed by atoms with Crippen LogP contribution in [0.2, 0.25) is 0 Å². The van der Waals surface area contributed by atoms with Crippen LogP contribution in [-0.2, 0) is 4.74 Å². The van der Waals surface area contributed by atoms with Crippen LogP contribution in [-0.4, -0.2) is 23.0 Å². The van der Waals surface area contributed by atoms with Crippen molar-refractivity contribution in [2.75, 3.05) is 13.2 Å². The van der Waals surface area contributed by atoms with Crippen molar-refractivity contribution in [3.8, 4) is 0 Å². The molecule has 2 aliphatic rings. The summed E-state index contributed by atoms with van der Waals surface area (Å²) in [4.78, 5) is 12.4. The van der Waals surface area contributed by atoms with Gasteiger partial charge in [-0.25, -0.2) is 4.68 Å². The maximum Gasteiger partial charge on any atom is 0.270 e. The van der Waals surface area contributed by atoms with Gasteiger partial charge in [0, 0.05) is 18.8 Å². The lowest BCUT2D eigenvalue weighted by atomic mass is 10.1. The second-order valence-corrected chi connectivity index (χ2v) is 5.11. The summed E-state index contributed by atoms with van der Waals surface area (Å²) in [5, 5.41) is 4.42. The van der Waals surface area contributed by atoms with Crippen LogP contribution < -0.4 is 5.56 Å². The predicted molar refractivity (Wildman–Crippen MR) is 64.3 cm³/mol. The molecule has 2 heterocycles. The Hall–Kier alpha value is -1.16. The Morgan fingerprint density at radius 1 is 1.29 bits per heavy atom. The highest BCUT2D eigenvalue weighted by Crippen LogP contribution is 2.38. The van der Waals surface area contributed by atoms with E-state index in [9.17, 15) is 4.79 Å². The Kier molecular flexibility index (Phi) is 2.74. The zero-order valence-corrected chi connectivity index (χ0v) is 10.2. The minimum Gasteiger partial charge on any atom is -0.381 e. The first-order chi connectivity index (χ1) is 8.25. The molecule has 0 N–H and O–H groups in total. The third kappa shape index (κ3) is 2.14. The minimum absolute atomic E-state index is 0.130. The van der Waals surface area contributed by atoms with Gasteiger partial charge in [-0.3, -0.25) is 4.79 Å². The van der Waals surface area contributed by atoms with Crippen molar-refractivity contribution < 1.29 is 4.74 Å². The molecule has 92 valence electrons. The normalized spacial score (nSPS) is 21.7. The molecule has 1 aliphatic carbocycles. The molecule has 0 atom stereocenters. The van der Waals surface area contributed by atoms with E-state index in [1.54, 1.807) is 4.68 Å². The van der Waals surface area contributed by atoms with Gasteiger partial charge in [-0.2, -0.15) is 5.10 Å². The van der Waals surface area contributed by atoms with Crippen molar-refractivity contribution in [3.05, 3.63) is 27.7 Å². The highest BCUT2D eigenvalue weighted by atomic mass is 16.5. The van der Waals surface area contributed by atoms with Crippen molar-refractivity contribution in [3.63, 3.8) is 0 Å². The van der Waals surface area contributed by atoms with Gasteiger partial charge in [0.1, 0.15) is 0 Å². The summed E-state index contributed by atoms with van der Waals surface area (Å²) < 4.78 is 7.05. The van der Waals surface area contributed by atoms with Gasteiger partial charge in [-0.15, -0.1) is 0 Å². The topological polar surface area (TPSA) is 44.1 Å².